The Kier molecular flexibility index (Phi) is 6.19. The molecule has 0 saturated heterocycles. The van der Waals surface area contributed by atoms with Crippen LogP contribution in [0.5, 0.6) is 0 Å². The largest absolute Gasteiger partial charge is 0.399 e. The summed E-state index contributed by atoms with van der Waals surface area (Å²) in [6, 6.07) is 5.25. The molecule has 4 heteroatoms. The molecule has 100 valence electrons. The van der Waals surface area contributed by atoms with Crippen LogP contribution in [-0.4, -0.2) is 12.5 Å². The van der Waals surface area contributed by atoms with E-state index in [-0.39, 0.29) is 5.91 Å². The molecule has 0 fully saturated rings. The minimum Gasteiger partial charge on any atom is -0.399 e. The number of carbonyl (C=O) groups is 1. The van der Waals surface area contributed by atoms with E-state index < -0.39 is 0 Å². The van der Waals surface area contributed by atoms with Crippen LogP contribution >= 0.6 is 15.9 Å². The van der Waals surface area contributed by atoms with Gasteiger partial charge in [-0.05, 0) is 46.5 Å². The molecule has 3 nitrogen and oxygen atoms in total. The lowest BCUT2D eigenvalue weighted by Gasteiger charge is -2.08. The molecular weight excluding hydrogens is 292 g/mol. The number of unbranched alkanes of at least 4 members (excludes halogenated alkanes) is 1. The van der Waals surface area contributed by atoms with E-state index in [4.69, 9.17) is 5.73 Å². The van der Waals surface area contributed by atoms with Crippen molar-refractivity contribution in [3.8, 4) is 0 Å². The number of nitrogen functional groups attached to an aromatic ring is 1. The Balaban J connectivity index is 2.39. The molecule has 1 rings (SSSR count). The number of halogens is 1. The fourth-order valence-corrected chi connectivity index (χ4v) is 2.12. The van der Waals surface area contributed by atoms with Gasteiger partial charge in [-0.1, -0.05) is 26.7 Å². The van der Waals surface area contributed by atoms with Crippen LogP contribution in [0.1, 0.15) is 43.5 Å². The Bertz CT molecular complexity index is 405. The second kappa shape index (κ2) is 7.41. The standard InChI is InChI=1S/C14H21BrN2O/c1-10(2)5-3-4-8-17-14(18)12-9-11(16)6-7-13(12)15/h6-7,9-10H,3-5,8,16H2,1-2H3,(H,17,18). The van der Waals surface area contributed by atoms with E-state index in [0.717, 1.165) is 23.2 Å². The van der Waals surface area contributed by atoms with Gasteiger partial charge in [0.05, 0.1) is 5.56 Å². The average Bonchev–Trinajstić information content (AvgIpc) is 2.31. The summed E-state index contributed by atoms with van der Waals surface area (Å²) in [6.07, 6.45) is 3.37. The van der Waals surface area contributed by atoms with E-state index >= 15 is 0 Å². The third kappa shape index (κ3) is 5.08. The summed E-state index contributed by atoms with van der Waals surface area (Å²) >= 11 is 3.36. The highest BCUT2D eigenvalue weighted by atomic mass is 79.9. The molecule has 0 saturated carbocycles. The molecule has 18 heavy (non-hydrogen) atoms. The van der Waals surface area contributed by atoms with Gasteiger partial charge in [0.25, 0.3) is 5.91 Å². The Morgan fingerprint density at radius 3 is 2.78 bits per heavy atom. The fraction of sp³-hybridized carbons (Fsp3) is 0.500. The highest BCUT2D eigenvalue weighted by Crippen LogP contribution is 2.19. The first kappa shape index (κ1) is 15.0. The van der Waals surface area contributed by atoms with Gasteiger partial charge in [0.2, 0.25) is 0 Å². The van der Waals surface area contributed by atoms with E-state index in [1.807, 2.05) is 0 Å². The minimum atomic E-state index is -0.0706. The van der Waals surface area contributed by atoms with E-state index in [1.54, 1.807) is 18.2 Å². The Morgan fingerprint density at radius 2 is 2.11 bits per heavy atom. The smallest absolute Gasteiger partial charge is 0.252 e. The molecular formula is C14H21BrN2O. The summed E-state index contributed by atoms with van der Waals surface area (Å²) < 4.78 is 0.774. The molecule has 0 heterocycles. The predicted molar refractivity (Wildman–Crippen MR) is 79.6 cm³/mol. The quantitative estimate of drug-likeness (QED) is 0.623. The molecule has 0 aliphatic carbocycles. The zero-order valence-electron chi connectivity index (χ0n) is 11.0. The maximum atomic E-state index is 11.9. The summed E-state index contributed by atoms with van der Waals surface area (Å²) in [5.41, 5.74) is 6.87. The van der Waals surface area contributed by atoms with Crippen LogP contribution in [0.3, 0.4) is 0 Å². The number of amides is 1. The summed E-state index contributed by atoms with van der Waals surface area (Å²) in [7, 11) is 0. The van der Waals surface area contributed by atoms with E-state index in [0.29, 0.717) is 17.8 Å². The highest BCUT2D eigenvalue weighted by molar-refractivity contribution is 9.10. The maximum Gasteiger partial charge on any atom is 0.252 e. The van der Waals surface area contributed by atoms with E-state index in [1.165, 1.54) is 6.42 Å². The van der Waals surface area contributed by atoms with Crippen molar-refractivity contribution in [2.45, 2.75) is 33.1 Å². The van der Waals surface area contributed by atoms with Crippen LogP contribution < -0.4 is 11.1 Å². The fourth-order valence-electron chi connectivity index (χ4n) is 1.69. The summed E-state index contributed by atoms with van der Waals surface area (Å²) in [6.45, 7) is 5.14. The zero-order chi connectivity index (χ0) is 13.5. The third-order valence-corrected chi connectivity index (χ3v) is 3.42. The van der Waals surface area contributed by atoms with Crippen molar-refractivity contribution in [2.75, 3.05) is 12.3 Å². The van der Waals surface area contributed by atoms with Gasteiger partial charge in [-0.25, -0.2) is 0 Å². The van der Waals surface area contributed by atoms with Gasteiger partial charge in [-0.3, -0.25) is 4.79 Å². The van der Waals surface area contributed by atoms with Crippen molar-refractivity contribution in [3.05, 3.63) is 28.2 Å². The lowest BCUT2D eigenvalue weighted by Crippen LogP contribution is -2.25. The highest BCUT2D eigenvalue weighted by Gasteiger charge is 2.09. The first-order valence-corrected chi connectivity index (χ1v) is 7.13. The first-order chi connectivity index (χ1) is 8.50. The second-order valence-electron chi connectivity index (χ2n) is 4.88. The van der Waals surface area contributed by atoms with Gasteiger partial charge in [0.15, 0.2) is 0 Å². The third-order valence-electron chi connectivity index (χ3n) is 2.73. The molecule has 0 spiro atoms. The van der Waals surface area contributed by atoms with Crippen molar-refractivity contribution in [2.24, 2.45) is 5.92 Å². The predicted octanol–water partition coefficient (Wildman–Crippen LogP) is 3.59. The summed E-state index contributed by atoms with van der Waals surface area (Å²) in [4.78, 5) is 11.9. The van der Waals surface area contributed by atoms with Gasteiger partial charge in [0.1, 0.15) is 0 Å². The SMILES string of the molecule is CC(C)CCCCNC(=O)c1cc(N)ccc1Br. The van der Waals surface area contributed by atoms with Gasteiger partial charge >= 0.3 is 0 Å². The topological polar surface area (TPSA) is 55.1 Å². The molecule has 0 unspecified atom stereocenters. The number of rotatable bonds is 6. The van der Waals surface area contributed by atoms with Crippen molar-refractivity contribution in [1.82, 2.24) is 5.32 Å². The number of anilines is 1. The average molecular weight is 313 g/mol. The van der Waals surface area contributed by atoms with Crippen molar-refractivity contribution in [1.29, 1.82) is 0 Å². The molecule has 3 N–H and O–H groups in total. The number of nitrogens with two attached hydrogens (primary N) is 1. The zero-order valence-corrected chi connectivity index (χ0v) is 12.6. The van der Waals surface area contributed by atoms with Crippen molar-refractivity contribution >= 4 is 27.5 Å². The number of benzene rings is 1. The van der Waals surface area contributed by atoms with E-state index in [2.05, 4.69) is 35.1 Å². The molecule has 1 amide bonds. The van der Waals surface area contributed by atoms with Crippen LogP contribution in [0.2, 0.25) is 0 Å². The van der Waals surface area contributed by atoms with Crippen LogP contribution in [-0.2, 0) is 0 Å². The van der Waals surface area contributed by atoms with Crippen LogP contribution in [0.4, 0.5) is 5.69 Å². The van der Waals surface area contributed by atoms with Gasteiger partial charge in [0, 0.05) is 16.7 Å². The molecule has 1 aromatic carbocycles. The van der Waals surface area contributed by atoms with Crippen molar-refractivity contribution in [3.63, 3.8) is 0 Å². The molecule has 0 aromatic heterocycles. The molecule has 1 aromatic rings. The van der Waals surface area contributed by atoms with Crippen molar-refractivity contribution < 1.29 is 4.79 Å². The summed E-state index contributed by atoms with van der Waals surface area (Å²) in [5.74, 6) is 0.655. The Hall–Kier alpha value is -1.03. The maximum absolute atomic E-state index is 11.9. The van der Waals surface area contributed by atoms with Gasteiger partial charge in [-0.2, -0.15) is 0 Å². The molecule has 0 atom stereocenters. The number of hydrogen-bond acceptors (Lipinski definition) is 2. The second-order valence-corrected chi connectivity index (χ2v) is 5.74. The molecule has 0 radical (unpaired) electrons. The monoisotopic (exact) mass is 312 g/mol. The van der Waals surface area contributed by atoms with Crippen LogP contribution in [0.15, 0.2) is 22.7 Å². The normalized spacial score (nSPS) is 10.7. The Labute approximate surface area is 117 Å². The van der Waals surface area contributed by atoms with Crippen LogP contribution in [0, 0.1) is 5.92 Å². The molecule has 0 bridgehead atoms. The molecule has 0 aliphatic heterocycles. The minimum absolute atomic E-state index is 0.0706. The Morgan fingerprint density at radius 1 is 1.39 bits per heavy atom. The number of nitrogens with one attached hydrogen (secondary N) is 1. The van der Waals surface area contributed by atoms with Gasteiger partial charge in [-0.15, -0.1) is 0 Å². The lowest BCUT2D eigenvalue weighted by atomic mass is 10.1. The number of hydrogen-bond donors (Lipinski definition) is 2. The van der Waals surface area contributed by atoms with E-state index in [9.17, 15) is 4.79 Å². The molecule has 0 aliphatic rings. The lowest BCUT2D eigenvalue weighted by molar-refractivity contribution is 0.0952. The first-order valence-electron chi connectivity index (χ1n) is 6.34. The van der Waals surface area contributed by atoms with Gasteiger partial charge < -0.3 is 11.1 Å². The van der Waals surface area contributed by atoms with Crippen LogP contribution in [0.25, 0.3) is 0 Å². The summed E-state index contributed by atoms with van der Waals surface area (Å²) in [5, 5.41) is 2.92. The number of carbonyl (C=O) groups excluding carboxylic acids is 1.